The van der Waals surface area contributed by atoms with Crippen molar-refractivity contribution in [3.05, 3.63) is 29.8 Å². The zero-order valence-corrected chi connectivity index (χ0v) is 11.1. The van der Waals surface area contributed by atoms with Crippen LogP contribution in [0.15, 0.2) is 24.3 Å². The molecule has 0 spiro atoms. The molecule has 0 bridgehead atoms. The third kappa shape index (κ3) is 3.01. The Morgan fingerprint density at radius 2 is 1.71 bits per heavy atom. The van der Waals surface area contributed by atoms with Gasteiger partial charge in [0.05, 0.1) is 0 Å². The van der Waals surface area contributed by atoms with Gasteiger partial charge in [-0.3, -0.25) is 0 Å². The molecule has 2 rings (SSSR count). The van der Waals surface area contributed by atoms with Crippen molar-refractivity contribution in [1.82, 2.24) is 0 Å². The van der Waals surface area contributed by atoms with Gasteiger partial charge in [-0.05, 0) is 36.5 Å². The van der Waals surface area contributed by atoms with E-state index in [1.807, 2.05) is 0 Å². The van der Waals surface area contributed by atoms with Gasteiger partial charge in [-0.1, -0.05) is 26.0 Å². The lowest BCUT2D eigenvalue weighted by molar-refractivity contribution is 0.0855. The third-order valence-corrected chi connectivity index (χ3v) is 3.71. The first-order chi connectivity index (χ1) is 8.18. The van der Waals surface area contributed by atoms with E-state index in [-0.39, 0.29) is 0 Å². The molecule has 0 aliphatic carbocycles. The number of ether oxygens (including phenoxy) is 1. The number of rotatable bonds is 3. The molecule has 0 aromatic heterocycles. The Morgan fingerprint density at radius 3 is 2.24 bits per heavy atom. The molecule has 0 saturated carbocycles. The van der Waals surface area contributed by atoms with E-state index in [9.17, 15) is 0 Å². The van der Waals surface area contributed by atoms with Crippen molar-refractivity contribution in [2.45, 2.75) is 38.6 Å². The number of hydrogen-bond acceptors (Lipinski definition) is 2. The lowest BCUT2D eigenvalue weighted by Gasteiger charge is -2.33. The van der Waals surface area contributed by atoms with Crippen LogP contribution in [0.3, 0.4) is 0 Å². The Labute approximate surface area is 105 Å². The van der Waals surface area contributed by atoms with Crippen LogP contribution in [0.2, 0.25) is 0 Å². The van der Waals surface area contributed by atoms with E-state index in [2.05, 4.69) is 50.1 Å². The van der Waals surface area contributed by atoms with E-state index in [0.29, 0.717) is 12.0 Å². The molecule has 2 nitrogen and oxygen atoms in total. The van der Waals surface area contributed by atoms with Gasteiger partial charge >= 0.3 is 0 Å². The van der Waals surface area contributed by atoms with Gasteiger partial charge in [-0.2, -0.15) is 0 Å². The molecule has 2 heteroatoms. The van der Waals surface area contributed by atoms with Crippen molar-refractivity contribution >= 4 is 5.69 Å². The van der Waals surface area contributed by atoms with E-state index in [0.717, 1.165) is 26.1 Å². The second kappa shape index (κ2) is 5.54. The molecule has 1 saturated heterocycles. The molecule has 0 unspecified atom stereocenters. The highest BCUT2D eigenvalue weighted by Crippen LogP contribution is 2.23. The molecule has 17 heavy (non-hydrogen) atoms. The summed E-state index contributed by atoms with van der Waals surface area (Å²) in [5, 5.41) is 0. The van der Waals surface area contributed by atoms with Gasteiger partial charge < -0.3 is 9.64 Å². The lowest BCUT2D eigenvalue weighted by Crippen LogP contribution is -2.36. The van der Waals surface area contributed by atoms with E-state index >= 15 is 0 Å². The average molecular weight is 233 g/mol. The van der Waals surface area contributed by atoms with Gasteiger partial charge in [0.15, 0.2) is 0 Å². The summed E-state index contributed by atoms with van der Waals surface area (Å²) in [5.41, 5.74) is 2.73. The maximum atomic E-state index is 5.41. The largest absolute Gasteiger partial charge is 0.381 e. The minimum Gasteiger partial charge on any atom is -0.381 e. The molecule has 1 aliphatic rings. The smallest absolute Gasteiger partial charge is 0.0485 e. The summed E-state index contributed by atoms with van der Waals surface area (Å²) in [7, 11) is 2.19. The van der Waals surface area contributed by atoms with E-state index in [4.69, 9.17) is 4.74 Å². The van der Waals surface area contributed by atoms with Crippen LogP contribution in [0.5, 0.6) is 0 Å². The zero-order valence-electron chi connectivity index (χ0n) is 11.1. The molecule has 1 aromatic rings. The van der Waals surface area contributed by atoms with Gasteiger partial charge in [0, 0.05) is 32.0 Å². The third-order valence-electron chi connectivity index (χ3n) is 3.71. The van der Waals surface area contributed by atoms with Crippen LogP contribution in [0, 0.1) is 0 Å². The molecule has 1 aliphatic heterocycles. The van der Waals surface area contributed by atoms with Gasteiger partial charge in [0.2, 0.25) is 0 Å². The van der Waals surface area contributed by atoms with E-state index < -0.39 is 0 Å². The topological polar surface area (TPSA) is 12.5 Å². The Balaban J connectivity index is 2.05. The van der Waals surface area contributed by atoms with Crippen molar-refractivity contribution in [2.75, 3.05) is 25.2 Å². The van der Waals surface area contributed by atoms with Crippen molar-refractivity contribution in [3.63, 3.8) is 0 Å². The summed E-state index contributed by atoms with van der Waals surface area (Å²) in [4.78, 5) is 2.40. The molecular weight excluding hydrogens is 210 g/mol. The number of anilines is 1. The second-order valence-electron chi connectivity index (χ2n) is 5.20. The van der Waals surface area contributed by atoms with Crippen LogP contribution >= 0.6 is 0 Å². The highest BCUT2D eigenvalue weighted by atomic mass is 16.5. The Bertz CT molecular complexity index is 338. The van der Waals surface area contributed by atoms with Crippen LogP contribution in [-0.4, -0.2) is 26.3 Å². The first kappa shape index (κ1) is 12.4. The fourth-order valence-electron chi connectivity index (χ4n) is 2.38. The van der Waals surface area contributed by atoms with E-state index in [1.54, 1.807) is 0 Å². The summed E-state index contributed by atoms with van der Waals surface area (Å²) < 4.78 is 5.41. The monoisotopic (exact) mass is 233 g/mol. The fourth-order valence-corrected chi connectivity index (χ4v) is 2.38. The van der Waals surface area contributed by atoms with Crippen LogP contribution < -0.4 is 4.90 Å². The molecule has 0 N–H and O–H groups in total. The summed E-state index contributed by atoms with van der Waals surface area (Å²) in [6.45, 7) is 6.27. The predicted molar refractivity (Wildman–Crippen MR) is 72.8 cm³/mol. The first-order valence-corrected chi connectivity index (χ1v) is 6.59. The molecular formula is C15H23NO. The van der Waals surface area contributed by atoms with Crippen molar-refractivity contribution in [1.29, 1.82) is 0 Å². The quantitative estimate of drug-likeness (QED) is 0.793. The summed E-state index contributed by atoms with van der Waals surface area (Å²) >= 11 is 0. The highest BCUT2D eigenvalue weighted by molar-refractivity contribution is 5.48. The van der Waals surface area contributed by atoms with Gasteiger partial charge in [-0.15, -0.1) is 0 Å². The summed E-state index contributed by atoms with van der Waals surface area (Å²) in [6.07, 6.45) is 2.28. The molecule has 1 heterocycles. The van der Waals surface area contributed by atoms with Crippen molar-refractivity contribution < 1.29 is 4.74 Å². The predicted octanol–water partition coefficient (Wildman–Crippen LogP) is 3.43. The van der Waals surface area contributed by atoms with Gasteiger partial charge in [0.1, 0.15) is 0 Å². The molecule has 0 radical (unpaired) electrons. The number of benzene rings is 1. The first-order valence-electron chi connectivity index (χ1n) is 6.59. The van der Waals surface area contributed by atoms with E-state index in [1.165, 1.54) is 11.3 Å². The normalized spacial score (nSPS) is 17.4. The van der Waals surface area contributed by atoms with Gasteiger partial charge in [0.25, 0.3) is 0 Å². The Hall–Kier alpha value is -1.02. The van der Waals surface area contributed by atoms with Crippen molar-refractivity contribution in [2.24, 2.45) is 0 Å². The molecule has 94 valence electrons. The standard InChI is InChI=1S/C15H23NO/c1-12(2)13-4-6-14(7-5-13)16(3)15-8-10-17-11-9-15/h4-7,12,15H,8-11H2,1-3H3. The van der Waals surface area contributed by atoms with Crippen LogP contribution in [-0.2, 0) is 4.74 Å². The minimum atomic E-state index is 0.609. The number of hydrogen-bond donors (Lipinski definition) is 0. The molecule has 0 amide bonds. The Kier molecular flexibility index (Phi) is 4.06. The molecule has 1 aromatic carbocycles. The summed E-state index contributed by atoms with van der Waals surface area (Å²) in [6, 6.07) is 9.61. The molecule has 0 atom stereocenters. The zero-order chi connectivity index (χ0) is 12.3. The van der Waals surface area contributed by atoms with Crippen LogP contribution in [0.4, 0.5) is 5.69 Å². The minimum absolute atomic E-state index is 0.609. The SMILES string of the molecule is CC(C)c1ccc(N(C)C2CCOCC2)cc1. The Morgan fingerprint density at radius 1 is 1.12 bits per heavy atom. The van der Waals surface area contributed by atoms with Crippen LogP contribution in [0.25, 0.3) is 0 Å². The van der Waals surface area contributed by atoms with Crippen molar-refractivity contribution in [3.8, 4) is 0 Å². The average Bonchev–Trinajstić information content (AvgIpc) is 2.39. The van der Waals surface area contributed by atoms with Gasteiger partial charge in [-0.25, -0.2) is 0 Å². The summed E-state index contributed by atoms with van der Waals surface area (Å²) in [5.74, 6) is 0.609. The highest BCUT2D eigenvalue weighted by Gasteiger charge is 2.18. The molecule has 1 fully saturated rings. The second-order valence-corrected chi connectivity index (χ2v) is 5.20. The fraction of sp³-hybridized carbons (Fsp3) is 0.600. The number of nitrogens with zero attached hydrogens (tertiary/aromatic N) is 1. The van der Waals surface area contributed by atoms with Crippen LogP contribution in [0.1, 0.15) is 38.2 Å². The lowest BCUT2D eigenvalue weighted by atomic mass is 10.0. The maximum Gasteiger partial charge on any atom is 0.0485 e. The maximum absolute atomic E-state index is 5.41.